The normalized spacial score (nSPS) is 16.5. The summed E-state index contributed by atoms with van der Waals surface area (Å²) in [6.45, 7) is 2.23. The lowest BCUT2D eigenvalue weighted by atomic mass is 10.4. The summed E-state index contributed by atoms with van der Waals surface area (Å²) < 4.78 is 5.15. The van der Waals surface area contributed by atoms with E-state index in [0.29, 0.717) is 19.0 Å². The third-order valence-electron chi connectivity index (χ3n) is 2.33. The van der Waals surface area contributed by atoms with Crippen molar-refractivity contribution in [3.8, 4) is 0 Å². The Hall–Kier alpha value is -0.940. The minimum Gasteiger partial charge on any atom is -0.339 e. The molecule has 14 heavy (non-hydrogen) atoms. The average molecular weight is 196 g/mol. The molecule has 78 valence electrons. The predicted molar refractivity (Wildman–Crippen MR) is 51.7 cm³/mol. The predicted octanol–water partition coefficient (Wildman–Crippen LogP) is 0.337. The fourth-order valence-corrected chi connectivity index (χ4v) is 1.37. The molecule has 0 amide bonds. The minimum atomic E-state index is 0.538. The van der Waals surface area contributed by atoms with E-state index >= 15 is 0 Å². The van der Waals surface area contributed by atoms with Gasteiger partial charge >= 0.3 is 0 Å². The first kappa shape index (κ1) is 9.61. The van der Waals surface area contributed by atoms with E-state index in [2.05, 4.69) is 15.0 Å². The summed E-state index contributed by atoms with van der Waals surface area (Å²) in [7, 11) is 2.00. The van der Waals surface area contributed by atoms with Crippen molar-refractivity contribution >= 4 is 0 Å². The molecule has 5 nitrogen and oxygen atoms in total. The first-order chi connectivity index (χ1) is 6.79. The third-order valence-corrected chi connectivity index (χ3v) is 2.33. The molecule has 1 aliphatic rings. The fourth-order valence-electron chi connectivity index (χ4n) is 1.37. The molecule has 0 radical (unpaired) electrons. The van der Waals surface area contributed by atoms with Crippen molar-refractivity contribution in [1.82, 2.24) is 15.0 Å². The van der Waals surface area contributed by atoms with Gasteiger partial charge in [0.1, 0.15) is 0 Å². The van der Waals surface area contributed by atoms with E-state index < -0.39 is 0 Å². The molecule has 0 atom stereocenters. The first-order valence-corrected chi connectivity index (χ1v) is 5.00. The van der Waals surface area contributed by atoms with Crippen molar-refractivity contribution in [1.29, 1.82) is 0 Å². The van der Waals surface area contributed by atoms with Crippen LogP contribution in [0.15, 0.2) is 4.52 Å². The number of nitrogens with zero attached hydrogens (tertiary/aromatic N) is 3. The van der Waals surface area contributed by atoms with Crippen LogP contribution >= 0.6 is 0 Å². The van der Waals surface area contributed by atoms with Gasteiger partial charge < -0.3 is 10.3 Å². The van der Waals surface area contributed by atoms with Crippen LogP contribution in [0.3, 0.4) is 0 Å². The SMILES string of the molecule is CN(CCN)Cc1noc(C2CC2)n1. The largest absolute Gasteiger partial charge is 0.339 e. The lowest BCUT2D eigenvalue weighted by Crippen LogP contribution is -2.25. The number of likely N-dealkylation sites (N-methyl/N-ethyl adjacent to an activating group) is 1. The number of nitrogens with two attached hydrogens (primary N) is 1. The summed E-state index contributed by atoms with van der Waals surface area (Å²) in [5.74, 6) is 2.11. The molecule has 5 heteroatoms. The van der Waals surface area contributed by atoms with Crippen molar-refractivity contribution in [2.24, 2.45) is 5.73 Å². The molecule has 1 saturated carbocycles. The van der Waals surface area contributed by atoms with Crippen LogP contribution in [0.5, 0.6) is 0 Å². The van der Waals surface area contributed by atoms with Crippen molar-refractivity contribution in [3.05, 3.63) is 11.7 Å². The molecule has 1 aliphatic carbocycles. The highest BCUT2D eigenvalue weighted by atomic mass is 16.5. The molecule has 0 spiro atoms. The zero-order valence-electron chi connectivity index (χ0n) is 8.44. The maximum atomic E-state index is 5.44. The summed E-state index contributed by atoms with van der Waals surface area (Å²) >= 11 is 0. The number of aromatic nitrogens is 2. The van der Waals surface area contributed by atoms with Gasteiger partial charge in [-0.2, -0.15) is 4.98 Å². The van der Waals surface area contributed by atoms with Gasteiger partial charge in [0.2, 0.25) is 5.89 Å². The van der Waals surface area contributed by atoms with Gasteiger partial charge in [0.25, 0.3) is 0 Å². The molecule has 1 heterocycles. The van der Waals surface area contributed by atoms with E-state index in [1.54, 1.807) is 0 Å². The summed E-state index contributed by atoms with van der Waals surface area (Å²) in [5, 5.41) is 3.93. The second-order valence-corrected chi connectivity index (χ2v) is 3.85. The lowest BCUT2D eigenvalue weighted by molar-refractivity contribution is 0.313. The van der Waals surface area contributed by atoms with Gasteiger partial charge in [0, 0.05) is 19.0 Å². The van der Waals surface area contributed by atoms with E-state index in [0.717, 1.165) is 18.3 Å². The molecule has 0 unspecified atom stereocenters. The Morgan fingerprint density at radius 1 is 1.57 bits per heavy atom. The Balaban J connectivity index is 1.88. The van der Waals surface area contributed by atoms with Gasteiger partial charge in [-0.3, -0.25) is 4.90 Å². The van der Waals surface area contributed by atoms with E-state index in [-0.39, 0.29) is 0 Å². The standard InChI is InChI=1S/C9H16N4O/c1-13(5-4-10)6-8-11-9(14-12-8)7-2-3-7/h7H,2-6,10H2,1H3. The van der Waals surface area contributed by atoms with E-state index in [1.807, 2.05) is 7.05 Å². The van der Waals surface area contributed by atoms with Crippen molar-refractivity contribution in [2.75, 3.05) is 20.1 Å². The Bertz CT molecular complexity index is 295. The van der Waals surface area contributed by atoms with Gasteiger partial charge in [0.15, 0.2) is 5.82 Å². The molecule has 1 aromatic heterocycles. The molecule has 0 aliphatic heterocycles. The summed E-state index contributed by atoms with van der Waals surface area (Å²) in [4.78, 5) is 6.42. The van der Waals surface area contributed by atoms with E-state index in [4.69, 9.17) is 10.3 Å². The van der Waals surface area contributed by atoms with Gasteiger partial charge in [-0.15, -0.1) is 0 Å². The Morgan fingerprint density at radius 2 is 2.36 bits per heavy atom. The summed E-state index contributed by atoms with van der Waals surface area (Å²) in [5.41, 5.74) is 5.44. The highest BCUT2D eigenvalue weighted by Gasteiger charge is 2.29. The maximum absolute atomic E-state index is 5.44. The maximum Gasteiger partial charge on any atom is 0.229 e. The Morgan fingerprint density at radius 3 is 3.00 bits per heavy atom. The lowest BCUT2D eigenvalue weighted by Gasteiger charge is -2.11. The van der Waals surface area contributed by atoms with Crippen LogP contribution in [0.2, 0.25) is 0 Å². The zero-order chi connectivity index (χ0) is 9.97. The van der Waals surface area contributed by atoms with Crippen LogP contribution in [0.4, 0.5) is 0 Å². The second-order valence-electron chi connectivity index (χ2n) is 3.85. The molecule has 0 aromatic carbocycles. The van der Waals surface area contributed by atoms with Crippen LogP contribution < -0.4 is 5.73 Å². The highest BCUT2D eigenvalue weighted by Crippen LogP contribution is 2.38. The highest BCUT2D eigenvalue weighted by molar-refractivity contribution is 5.01. The Kier molecular flexibility index (Phi) is 2.79. The third kappa shape index (κ3) is 2.30. The van der Waals surface area contributed by atoms with Gasteiger partial charge in [-0.05, 0) is 19.9 Å². The molecular weight excluding hydrogens is 180 g/mol. The average Bonchev–Trinajstić information content (AvgIpc) is 2.89. The van der Waals surface area contributed by atoms with Gasteiger partial charge in [-0.1, -0.05) is 5.16 Å². The molecule has 1 fully saturated rings. The van der Waals surface area contributed by atoms with Crippen molar-refractivity contribution in [2.45, 2.75) is 25.3 Å². The molecular formula is C9H16N4O. The molecule has 0 saturated heterocycles. The topological polar surface area (TPSA) is 68.2 Å². The van der Waals surface area contributed by atoms with Crippen LogP contribution in [0.1, 0.15) is 30.5 Å². The van der Waals surface area contributed by atoms with Crippen LogP contribution in [-0.2, 0) is 6.54 Å². The van der Waals surface area contributed by atoms with Crippen LogP contribution in [0, 0.1) is 0 Å². The molecule has 2 N–H and O–H groups in total. The quantitative estimate of drug-likeness (QED) is 0.735. The monoisotopic (exact) mass is 196 g/mol. The number of rotatable bonds is 5. The van der Waals surface area contributed by atoms with Crippen molar-refractivity contribution in [3.63, 3.8) is 0 Å². The van der Waals surface area contributed by atoms with E-state index in [9.17, 15) is 0 Å². The minimum absolute atomic E-state index is 0.538. The molecule has 1 aromatic rings. The van der Waals surface area contributed by atoms with Crippen molar-refractivity contribution < 1.29 is 4.52 Å². The smallest absolute Gasteiger partial charge is 0.229 e. The molecule has 2 rings (SSSR count). The first-order valence-electron chi connectivity index (χ1n) is 5.00. The van der Waals surface area contributed by atoms with Crippen LogP contribution in [0.25, 0.3) is 0 Å². The van der Waals surface area contributed by atoms with E-state index in [1.165, 1.54) is 12.8 Å². The molecule has 0 bridgehead atoms. The van der Waals surface area contributed by atoms with Crippen LogP contribution in [-0.4, -0.2) is 35.2 Å². The zero-order valence-corrected chi connectivity index (χ0v) is 8.44. The second kappa shape index (κ2) is 4.06. The van der Waals surface area contributed by atoms with Gasteiger partial charge in [0.05, 0.1) is 6.54 Å². The summed E-state index contributed by atoms with van der Waals surface area (Å²) in [6, 6.07) is 0. The Labute approximate surface area is 83.3 Å². The summed E-state index contributed by atoms with van der Waals surface area (Å²) in [6.07, 6.45) is 2.39. The number of hydrogen-bond acceptors (Lipinski definition) is 5. The fraction of sp³-hybridized carbons (Fsp3) is 0.778. The van der Waals surface area contributed by atoms with Gasteiger partial charge in [-0.25, -0.2) is 0 Å². The number of hydrogen-bond donors (Lipinski definition) is 1.